The average Bonchev–Trinajstić information content (AvgIpc) is 2.84. The van der Waals surface area contributed by atoms with Gasteiger partial charge in [0, 0.05) is 10.2 Å². The predicted octanol–water partition coefficient (Wildman–Crippen LogP) is 4.55. The number of hydrogen-bond donors (Lipinski definition) is 2. The summed E-state index contributed by atoms with van der Waals surface area (Å²) in [6.07, 6.45) is 0. The van der Waals surface area contributed by atoms with Crippen LogP contribution >= 0.6 is 15.9 Å². The predicted molar refractivity (Wildman–Crippen MR) is 132 cm³/mol. The number of anilines is 1. The zero-order valence-corrected chi connectivity index (χ0v) is 20.1. The number of carbonyl (C=O) groups is 3. The summed E-state index contributed by atoms with van der Waals surface area (Å²) >= 11 is 3.32. The number of nitrogens with one attached hydrogen (secondary N) is 2. The highest BCUT2D eigenvalue weighted by molar-refractivity contribution is 9.10. The Labute approximate surface area is 205 Å². The minimum Gasteiger partial charge on any atom is -0.494 e. The lowest BCUT2D eigenvalue weighted by molar-refractivity contribution is -0.136. The van der Waals surface area contributed by atoms with Crippen molar-refractivity contribution in [1.82, 2.24) is 5.43 Å². The van der Waals surface area contributed by atoms with E-state index in [1.165, 1.54) is 0 Å². The highest BCUT2D eigenvalue weighted by Crippen LogP contribution is 2.20. The van der Waals surface area contributed by atoms with Gasteiger partial charge in [0.25, 0.3) is 0 Å². The Hall–Kier alpha value is -3.98. The molecule has 34 heavy (non-hydrogen) atoms. The van der Waals surface area contributed by atoms with E-state index in [9.17, 15) is 14.4 Å². The lowest BCUT2D eigenvalue weighted by atomic mass is 10.1. The molecule has 2 N–H and O–H groups in total. The van der Waals surface area contributed by atoms with Crippen LogP contribution in [0.3, 0.4) is 0 Å². The molecule has 0 aliphatic rings. The van der Waals surface area contributed by atoms with Crippen molar-refractivity contribution in [2.45, 2.75) is 13.8 Å². The molecule has 3 rings (SSSR count). The van der Waals surface area contributed by atoms with Crippen LogP contribution in [0.1, 0.15) is 29.8 Å². The molecule has 0 fully saturated rings. The van der Waals surface area contributed by atoms with Gasteiger partial charge in [0.1, 0.15) is 11.5 Å². The van der Waals surface area contributed by atoms with Gasteiger partial charge >= 0.3 is 17.8 Å². The SMILES string of the molecule is CCOc1ccc(NC(=O)C(=O)N/N=C(\C)c2ccc(OC(=O)c3ccccc3Br)cc2)cc1. The number of ether oxygens (including phenoxy) is 2. The van der Waals surface area contributed by atoms with Gasteiger partial charge in [-0.05, 0) is 96.0 Å². The third kappa shape index (κ3) is 6.76. The van der Waals surface area contributed by atoms with Crippen molar-refractivity contribution in [3.05, 3.63) is 88.4 Å². The molecule has 0 aliphatic carbocycles. The molecule has 0 radical (unpaired) electrons. The number of amides is 2. The summed E-state index contributed by atoms with van der Waals surface area (Å²) in [5.74, 6) is -1.23. The Morgan fingerprint density at radius 3 is 2.18 bits per heavy atom. The number of hydrogen-bond acceptors (Lipinski definition) is 6. The van der Waals surface area contributed by atoms with Crippen LogP contribution in [-0.2, 0) is 9.59 Å². The molecule has 8 nitrogen and oxygen atoms in total. The van der Waals surface area contributed by atoms with Crippen molar-refractivity contribution < 1.29 is 23.9 Å². The van der Waals surface area contributed by atoms with Gasteiger partial charge in [0.2, 0.25) is 0 Å². The van der Waals surface area contributed by atoms with Gasteiger partial charge in [-0.25, -0.2) is 10.2 Å². The minimum absolute atomic E-state index is 0.357. The molecule has 0 spiro atoms. The molecule has 3 aromatic carbocycles. The molecule has 3 aromatic rings. The molecule has 0 saturated heterocycles. The summed E-state index contributed by atoms with van der Waals surface area (Å²) < 4.78 is 11.4. The van der Waals surface area contributed by atoms with Crippen molar-refractivity contribution in [3.63, 3.8) is 0 Å². The highest BCUT2D eigenvalue weighted by atomic mass is 79.9. The Balaban J connectivity index is 1.55. The van der Waals surface area contributed by atoms with Gasteiger partial charge in [0.15, 0.2) is 0 Å². The molecule has 0 aromatic heterocycles. The number of nitrogens with zero attached hydrogens (tertiary/aromatic N) is 1. The molecule has 0 heterocycles. The monoisotopic (exact) mass is 523 g/mol. The second-order valence-electron chi connectivity index (χ2n) is 6.94. The number of rotatable bonds is 7. The first-order valence-electron chi connectivity index (χ1n) is 10.3. The van der Waals surface area contributed by atoms with Gasteiger partial charge in [-0.2, -0.15) is 5.10 Å². The topological polar surface area (TPSA) is 106 Å². The zero-order valence-electron chi connectivity index (χ0n) is 18.5. The van der Waals surface area contributed by atoms with Crippen molar-refractivity contribution in [2.24, 2.45) is 5.10 Å². The Bertz CT molecular complexity index is 1210. The van der Waals surface area contributed by atoms with E-state index < -0.39 is 17.8 Å². The number of esters is 1. The van der Waals surface area contributed by atoms with Crippen LogP contribution in [0.5, 0.6) is 11.5 Å². The van der Waals surface area contributed by atoms with E-state index in [4.69, 9.17) is 9.47 Å². The van der Waals surface area contributed by atoms with Gasteiger partial charge < -0.3 is 14.8 Å². The summed E-state index contributed by atoms with van der Waals surface area (Å²) in [6.45, 7) is 4.08. The maximum atomic E-state index is 12.3. The quantitative estimate of drug-likeness (QED) is 0.155. The van der Waals surface area contributed by atoms with Crippen LogP contribution in [-0.4, -0.2) is 30.1 Å². The molecule has 2 amide bonds. The average molecular weight is 524 g/mol. The smallest absolute Gasteiger partial charge is 0.344 e. The van der Waals surface area contributed by atoms with Crippen molar-refractivity contribution >= 4 is 45.1 Å². The summed E-state index contributed by atoms with van der Waals surface area (Å²) in [6, 6.07) is 20.2. The maximum absolute atomic E-state index is 12.3. The Kier molecular flexibility index (Phi) is 8.53. The molecular weight excluding hydrogens is 502 g/mol. The lowest BCUT2D eigenvalue weighted by Crippen LogP contribution is -2.32. The number of halogens is 1. The van der Waals surface area contributed by atoms with Crippen molar-refractivity contribution in [2.75, 3.05) is 11.9 Å². The van der Waals surface area contributed by atoms with E-state index in [0.717, 1.165) is 0 Å². The first-order chi connectivity index (χ1) is 16.4. The molecule has 0 unspecified atom stereocenters. The third-order valence-corrected chi connectivity index (χ3v) is 5.22. The first kappa shape index (κ1) is 24.7. The summed E-state index contributed by atoms with van der Waals surface area (Å²) in [5.41, 5.74) is 4.23. The number of hydrazone groups is 1. The van der Waals surface area contributed by atoms with Crippen LogP contribution in [0.4, 0.5) is 5.69 Å². The summed E-state index contributed by atoms with van der Waals surface area (Å²) in [7, 11) is 0. The molecule has 0 atom stereocenters. The Morgan fingerprint density at radius 1 is 0.882 bits per heavy atom. The van der Waals surface area contributed by atoms with Crippen LogP contribution < -0.4 is 20.2 Å². The fourth-order valence-corrected chi connectivity index (χ4v) is 3.24. The highest BCUT2D eigenvalue weighted by Gasteiger charge is 2.14. The molecule has 9 heteroatoms. The molecule has 0 bridgehead atoms. The maximum Gasteiger partial charge on any atom is 0.344 e. The summed E-state index contributed by atoms with van der Waals surface area (Å²) in [5, 5.41) is 6.46. The standard InChI is InChI=1S/C25H22BrN3O5/c1-3-33-19-14-10-18(11-15-19)27-23(30)24(31)29-28-16(2)17-8-12-20(13-9-17)34-25(32)21-6-4-5-7-22(21)26/h4-15H,3H2,1-2H3,(H,27,30)(H,29,31)/b28-16+. The third-order valence-electron chi connectivity index (χ3n) is 4.53. The fraction of sp³-hybridized carbons (Fsp3) is 0.120. The molecule has 0 aliphatic heterocycles. The van der Waals surface area contributed by atoms with E-state index in [0.29, 0.717) is 45.1 Å². The first-order valence-corrected chi connectivity index (χ1v) is 11.1. The van der Waals surface area contributed by atoms with Crippen LogP contribution in [0.25, 0.3) is 0 Å². The number of benzene rings is 3. The van der Waals surface area contributed by atoms with Crippen LogP contribution in [0.2, 0.25) is 0 Å². The van der Waals surface area contributed by atoms with Gasteiger partial charge in [-0.15, -0.1) is 0 Å². The molecule has 174 valence electrons. The van der Waals surface area contributed by atoms with Gasteiger partial charge in [-0.3, -0.25) is 9.59 Å². The molecule has 0 saturated carbocycles. The van der Waals surface area contributed by atoms with Gasteiger partial charge in [-0.1, -0.05) is 12.1 Å². The largest absolute Gasteiger partial charge is 0.494 e. The van der Waals surface area contributed by atoms with Crippen LogP contribution in [0.15, 0.2) is 82.4 Å². The van der Waals surface area contributed by atoms with Crippen molar-refractivity contribution in [1.29, 1.82) is 0 Å². The fourth-order valence-electron chi connectivity index (χ4n) is 2.79. The second-order valence-corrected chi connectivity index (χ2v) is 7.80. The molecular formula is C25H22BrN3O5. The van der Waals surface area contributed by atoms with E-state index in [2.05, 4.69) is 31.8 Å². The van der Waals surface area contributed by atoms with Crippen LogP contribution in [0, 0.1) is 0 Å². The normalized spacial score (nSPS) is 10.9. The number of carbonyl (C=O) groups excluding carboxylic acids is 3. The van der Waals surface area contributed by atoms with Gasteiger partial charge in [0.05, 0.1) is 17.9 Å². The second kappa shape index (κ2) is 11.8. The van der Waals surface area contributed by atoms with E-state index in [1.807, 2.05) is 6.92 Å². The van der Waals surface area contributed by atoms with E-state index in [-0.39, 0.29) is 0 Å². The van der Waals surface area contributed by atoms with E-state index in [1.54, 1.807) is 79.7 Å². The summed E-state index contributed by atoms with van der Waals surface area (Å²) in [4.78, 5) is 36.5. The zero-order chi connectivity index (χ0) is 24.5. The minimum atomic E-state index is -0.910. The van der Waals surface area contributed by atoms with E-state index >= 15 is 0 Å². The lowest BCUT2D eigenvalue weighted by Gasteiger charge is -2.08. The van der Waals surface area contributed by atoms with Crippen molar-refractivity contribution in [3.8, 4) is 11.5 Å². The Morgan fingerprint density at radius 2 is 1.53 bits per heavy atom.